The number of carbonyl (C=O) groups excluding carboxylic acids is 1. The van der Waals surface area contributed by atoms with Gasteiger partial charge in [-0.25, -0.2) is 4.68 Å². The number of rotatable bonds is 6. The molecule has 1 unspecified atom stereocenters. The summed E-state index contributed by atoms with van der Waals surface area (Å²) in [6.07, 6.45) is 1.50. The first-order valence-corrected chi connectivity index (χ1v) is 8.32. The number of hydrogen-bond acceptors (Lipinski definition) is 5. The third kappa shape index (κ3) is 4.12. The molecule has 0 aliphatic rings. The van der Waals surface area contributed by atoms with Crippen LogP contribution in [0.1, 0.15) is 22.8 Å². The monoisotopic (exact) mass is 351 g/mol. The van der Waals surface area contributed by atoms with Crippen LogP contribution in [0.15, 0.2) is 48.8 Å². The number of methoxy groups -OCH3 is 1. The van der Waals surface area contributed by atoms with E-state index in [1.165, 1.54) is 16.6 Å². The van der Waals surface area contributed by atoms with Gasteiger partial charge < -0.3 is 10.1 Å². The van der Waals surface area contributed by atoms with Crippen molar-refractivity contribution in [3.05, 3.63) is 59.9 Å². The Hall–Kier alpha value is -3.06. The summed E-state index contributed by atoms with van der Waals surface area (Å²) in [4.78, 5) is 12.7. The van der Waals surface area contributed by atoms with Gasteiger partial charge in [0.2, 0.25) is 0 Å². The van der Waals surface area contributed by atoms with Gasteiger partial charge in [0.25, 0.3) is 5.91 Å². The van der Waals surface area contributed by atoms with Crippen LogP contribution in [0, 0.1) is 6.92 Å². The van der Waals surface area contributed by atoms with Crippen molar-refractivity contribution in [1.29, 1.82) is 0 Å². The van der Waals surface area contributed by atoms with E-state index in [0.29, 0.717) is 12.2 Å². The van der Waals surface area contributed by atoms with E-state index in [0.717, 1.165) is 16.8 Å². The van der Waals surface area contributed by atoms with Gasteiger partial charge in [-0.3, -0.25) is 4.79 Å². The van der Waals surface area contributed by atoms with Gasteiger partial charge in [0.1, 0.15) is 6.33 Å². The highest BCUT2D eigenvalue weighted by Gasteiger charge is 2.14. The molecule has 2 aromatic carbocycles. The van der Waals surface area contributed by atoms with E-state index in [-0.39, 0.29) is 11.9 Å². The molecule has 134 valence electrons. The molecular weight excluding hydrogens is 330 g/mol. The minimum absolute atomic E-state index is 0.0907. The fraction of sp³-hybridized carbons (Fsp3) is 0.263. The molecular formula is C19H21N5O2. The standard InChI is InChI=1S/C19H21N5O2/c1-13-4-6-15(7-5-13)16-8-17(19(25)21-14(2)11-26-3)10-18(9-16)24-12-20-22-23-24/h4-10,12,14H,11H2,1-3H3,(H,21,25). The molecule has 0 radical (unpaired) electrons. The van der Waals surface area contributed by atoms with Gasteiger partial charge in [-0.1, -0.05) is 29.8 Å². The molecule has 0 aliphatic heterocycles. The van der Waals surface area contributed by atoms with E-state index in [2.05, 4.69) is 20.8 Å². The molecule has 0 fully saturated rings. The summed E-state index contributed by atoms with van der Waals surface area (Å²) in [5.41, 5.74) is 4.37. The average molecular weight is 351 g/mol. The van der Waals surface area contributed by atoms with Crippen LogP contribution >= 0.6 is 0 Å². The predicted octanol–water partition coefficient (Wildman–Crippen LogP) is 2.40. The van der Waals surface area contributed by atoms with Crippen molar-refractivity contribution in [2.75, 3.05) is 13.7 Å². The molecule has 1 heterocycles. The van der Waals surface area contributed by atoms with Crippen molar-refractivity contribution < 1.29 is 9.53 Å². The summed E-state index contributed by atoms with van der Waals surface area (Å²) in [6, 6.07) is 13.6. The Morgan fingerprint density at radius 2 is 1.96 bits per heavy atom. The topological polar surface area (TPSA) is 81.9 Å². The lowest BCUT2D eigenvalue weighted by Gasteiger charge is -2.14. The number of hydrogen-bond donors (Lipinski definition) is 1. The SMILES string of the molecule is COCC(C)NC(=O)c1cc(-c2ccc(C)cc2)cc(-n2cnnn2)c1. The second-order valence-electron chi connectivity index (χ2n) is 6.22. The Labute approximate surface area is 152 Å². The van der Waals surface area contributed by atoms with Crippen molar-refractivity contribution in [2.24, 2.45) is 0 Å². The van der Waals surface area contributed by atoms with E-state index in [1.54, 1.807) is 13.2 Å². The first-order chi connectivity index (χ1) is 12.6. The Morgan fingerprint density at radius 3 is 2.62 bits per heavy atom. The Balaban J connectivity index is 2.00. The molecule has 0 saturated carbocycles. The molecule has 1 atom stereocenters. The van der Waals surface area contributed by atoms with Crippen LogP contribution < -0.4 is 5.32 Å². The first-order valence-electron chi connectivity index (χ1n) is 8.32. The van der Waals surface area contributed by atoms with Gasteiger partial charge in [0.05, 0.1) is 12.3 Å². The normalized spacial score (nSPS) is 12.0. The van der Waals surface area contributed by atoms with E-state index in [4.69, 9.17) is 4.74 Å². The molecule has 7 heteroatoms. The number of benzene rings is 2. The van der Waals surface area contributed by atoms with Crippen molar-refractivity contribution in [1.82, 2.24) is 25.5 Å². The lowest BCUT2D eigenvalue weighted by atomic mass is 10.0. The summed E-state index contributed by atoms with van der Waals surface area (Å²) in [5, 5.41) is 14.2. The molecule has 7 nitrogen and oxygen atoms in total. The number of aryl methyl sites for hydroxylation is 1. The summed E-state index contributed by atoms with van der Waals surface area (Å²) in [7, 11) is 1.61. The number of carbonyl (C=O) groups is 1. The molecule has 1 aromatic heterocycles. The molecule has 1 N–H and O–H groups in total. The van der Waals surface area contributed by atoms with Gasteiger partial charge >= 0.3 is 0 Å². The van der Waals surface area contributed by atoms with Crippen LogP contribution in [-0.4, -0.2) is 45.9 Å². The molecule has 0 aliphatic carbocycles. The summed E-state index contributed by atoms with van der Waals surface area (Å²) in [6.45, 7) is 4.38. The summed E-state index contributed by atoms with van der Waals surface area (Å²) < 4.78 is 6.62. The Bertz CT molecular complexity index is 875. The van der Waals surface area contributed by atoms with E-state index in [9.17, 15) is 4.79 Å². The zero-order valence-electron chi connectivity index (χ0n) is 15.0. The highest BCUT2D eigenvalue weighted by atomic mass is 16.5. The highest BCUT2D eigenvalue weighted by molar-refractivity contribution is 5.96. The van der Waals surface area contributed by atoms with E-state index < -0.39 is 0 Å². The van der Waals surface area contributed by atoms with Gasteiger partial charge in [0, 0.05) is 18.7 Å². The highest BCUT2D eigenvalue weighted by Crippen LogP contribution is 2.24. The van der Waals surface area contributed by atoms with Crippen LogP contribution in [0.4, 0.5) is 0 Å². The zero-order valence-corrected chi connectivity index (χ0v) is 15.0. The average Bonchev–Trinajstić information content (AvgIpc) is 3.17. The fourth-order valence-corrected chi connectivity index (χ4v) is 2.67. The van der Waals surface area contributed by atoms with Gasteiger partial charge in [-0.2, -0.15) is 0 Å². The van der Waals surface area contributed by atoms with Crippen LogP contribution in [-0.2, 0) is 4.74 Å². The van der Waals surface area contributed by atoms with Gasteiger partial charge in [-0.15, -0.1) is 5.10 Å². The van der Waals surface area contributed by atoms with Crippen molar-refractivity contribution in [3.63, 3.8) is 0 Å². The minimum atomic E-state index is -0.169. The second kappa shape index (κ2) is 7.88. The molecule has 0 spiro atoms. The smallest absolute Gasteiger partial charge is 0.251 e. The quantitative estimate of drug-likeness (QED) is 0.737. The van der Waals surface area contributed by atoms with E-state index >= 15 is 0 Å². The zero-order chi connectivity index (χ0) is 18.5. The molecule has 0 bridgehead atoms. The van der Waals surface area contributed by atoms with Crippen molar-refractivity contribution >= 4 is 5.91 Å². The van der Waals surface area contributed by atoms with Crippen molar-refractivity contribution in [2.45, 2.75) is 19.9 Å². The van der Waals surface area contributed by atoms with Crippen LogP contribution in [0.25, 0.3) is 16.8 Å². The van der Waals surface area contributed by atoms with Gasteiger partial charge in [0.15, 0.2) is 0 Å². The van der Waals surface area contributed by atoms with Gasteiger partial charge in [-0.05, 0) is 53.6 Å². The maximum absolute atomic E-state index is 12.7. The minimum Gasteiger partial charge on any atom is -0.383 e. The number of tetrazole rings is 1. The van der Waals surface area contributed by atoms with Crippen LogP contribution in [0.2, 0.25) is 0 Å². The van der Waals surface area contributed by atoms with Crippen LogP contribution in [0.5, 0.6) is 0 Å². The lowest BCUT2D eigenvalue weighted by Crippen LogP contribution is -2.35. The molecule has 3 aromatic rings. The third-order valence-corrected chi connectivity index (χ3v) is 3.97. The molecule has 1 amide bonds. The fourth-order valence-electron chi connectivity index (χ4n) is 2.67. The largest absolute Gasteiger partial charge is 0.383 e. The number of aromatic nitrogens is 4. The molecule has 3 rings (SSSR count). The summed E-state index contributed by atoms with van der Waals surface area (Å²) >= 11 is 0. The lowest BCUT2D eigenvalue weighted by molar-refractivity contribution is 0.0905. The summed E-state index contributed by atoms with van der Waals surface area (Å²) in [5.74, 6) is -0.169. The number of ether oxygens (including phenoxy) is 1. The third-order valence-electron chi connectivity index (χ3n) is 3.97. The van der Waals surface area contributed by atoms with Crippen molar-refractivity contribution in [3.8, 4) is 16.8 Å². The maximum Gasteiger partial charge on any atom is 0.251 e. The number of amides is 1. The van der Waals surface area contributed by atoms with E-state index in [1.807, 2.05) is 50.2 Å². The maximum atomic E-state index is 12.7. The Morgan fingerprint density at radius 1 is 1.19 bits per heavy atom. The molecule has 0 saturated heterocycles. The number of nitrogens with zero attached hydrogens (tertiary/aromatic N) is 4. The van der Waals surface area contributed by atoms with Crippen LogP contribution in [0.3, 0.4) is 0 Å². The number of nitrogens with one attached hydrogen (secondary N) is 1. The Kier molecular flexibility index (Phi) is 5.38. The first kappa shape index (κ1) is 17.8. The predicted molar refractivity (Wildman–Crippen MR) is 98.1 cm³/mol. The second-order valence-corrected chi connectivity index (χ2v) is 6.22. The molecule has 26 heavy (non-hydrogen) atoms.